The van der Waals surface area contributed by atoms with Crippen LogP contribution in [0.1, 0.15) is 5.69 Å². The van der Waals surface area contributed by atoms with Gasteiger partial charge in [-0.05, 0) is 19.1 Å². The number of benzene rings is 1. The van der Waals surface area contributed by atoms with Crippen LogP contribution in [0.3, 0.4) is 0 Å². The van der Waals surface area contributed by atoms with Gasteiger partial charge in [-0.25, -0.2) is 0 Å². The van der Waals surface area contributed by atoms with Crippen LogP contribution in [0, 0.1) is 6.92 Å². The Balaban J connectivity index is 0.000000293. The van der Waals surface area contributed by atoms with Crippen molar-refractivity contribution in [1.82, 2.24) is 4.98 Å². The standard InChI is InChI=1S/C10H9N.2ClH.Zn/c1-8-6-7-9-4-2-3-5-10(9)11-8;;;/h2-7H,1H3;2*1H;/q;;;+2/p-2. The second kappa shape index (κ2) is 6.34. The number of aryl methyl sites for hydroxylation is 1. The number of hydrogen-bond donors (Lipinski definition) is 0. The number of halogens is 2. The molecule has 0 saturated heterocycles. The fraction of sp³-hybridized carbons (Fsp3) is 0.100. The molecule has 0 aliphatic rings. The van der Waals surface area contributed by atoms with Crippen molar-refractivity contribution in [1.29, 1.82) is 0 Å². The molecule has 0 radical (unpaired) electrons. The first-order valence-corrected chi connectivity index (χ1v) is 12.0. The SMILES string of the molecule is Cc1ccc2ccccc2n1.[Cl][Zn][Cl]. The summed E-state index contributed by atoms with van der Waals surface area (Å²) in [6.45, 7) is 2.01. The number of hydrogen-bond acceptors (Lipinski definition) is 1. The van der Waals surface area contributed by atoms with E-state index in [1.54, 1.807) is 0 Å². The first-order chi connectivity index (χ1) is 6.77. The topological polar surface area (TPSA) is 12.9 Å². The third-order valence-corrected chi connectivity index (χ3v) is 1.74. The number of nitrogens with zero attached hydrogens (tertiary/aromatic N) is 1. The summed E-state index contributed by atoms with van der Waals surface area (Å²) in [5.41, 5.74) is 2.15. The summed E-state index contributed by atoms with van der Waals surface area (Å²) < 4.78 is 0. The summed E-state index contributed by atoms with van der Waals surface area (Å²) in [5, 5.41) is 1.21. The molecule has 70 valence electrons. The molecule has 1 aromatic carbocycles. The number of aromatic nitrogens is 1. The van der Waals surface area contributed by atoms with Crippen molar-refractivity contribution in [2.75, 3.05) is 0 Å². The Labute approximate surface area is 99.1 Å². The Kier molecular flexibility index (Phi) is 5.39. The van der Waals surface area contributed by atoms with Crippen molar-refractivity contribution >= 4 is 30.3 Å². The van der Waals surface area contributed by atoms with Crippen LogP contribution in [0.2, 0.25) is 0 Å². The Morgan fingerprint density at radius 3 is 2.43 bits per heavy atom. The molecule has 0 spiro atoms. The molecule has 0 unspecified atom stereocenters. The molecule has 0 aliphatic carbocycles. The predicted octanol–water partition coefficient (Wildman–Crippen LogP) is 3.92. The predicted molar refractivity (Wildman–Crippen MR) is 58.2 cm³/mol. The molecule has 1 nitrogen and oxygen atoms in total. The van der Waals surface area contributed by atoms with Gasteiger partial charge >= 0.3 is 34.5 Å². The second-order valence-electron chi connectivity index (χ2n) is 2.75. The Morgan fingerprint density at radius 2 is 1.71 bits per heavy atom. The minimum absolute atomic E-state index is 0.931. The van der Waals surface area contributed by atoms with Crippen molar-refractivity contribution in [3.63, 3.8) is 0 Å². The molecule has 2 rings (SSSR count). The van der Waals surface area contributed by atoms with Gasteiger partial charge < -0.3 is 0 Å². The zero-order valence-electron chi connectivity index (χ0n) is 7.87. The van der Waals surface area contributed by atoms with E-state index >= 15 is 0 Å². The van der Waals surface area contributed by atoms with Crippen LogP contribution >= 0.6 is 19.4 Å². The summed E-state index contributed by atoms with van der Waals surface area (Å²) in [5.74, 6) is 0. The van der Waals surface area contributed by atoms with Gasteiger partial charge in [-0.3, -0.25) is 4.98 Å². The maximum atomic E-state index is 4.95. The molecular weight excluding hydrogens is 270 g/mol. The summed E-state index contributed by atoms with van der Waals surface area (Å²) >= 11 is -0.931. The zero-order valence-corrected chi connectivity index (χ0v) is 12.4. The van der Waals surface area contributed by atoms with Crippen molar-refractivity contribution in [2.24, 2.45) is 0 Å². The van der Waals surface area contributed by atoms with E-state index in [4.69, 9.17) is 19.4 Å². The van der Waals surface area contributed by atoms with E-state index < -0.39 is 15.1 Å². The molecule has 0 saturated carbocycles. The van der Waals surface area contributed by atoms with Crippen LogP contribution < -0.4 is 0 Å². The average Bonchev–Trinajstić information content (AvgIpc) is 2.19. The molecule has 1 heterocycles. The molecule has 0 N–H and O–H groups in total. The fourth-order valence-corrected chi connectivity index (χ4v) is 1.17. The van der Waals surface area contributed by atoms with Gasteiger partial charge in [-0.15, -0.1) is 0 Å². The van der Waals surface area contributed by atoms with Crippen LogP contribution in [0.5, 0.6) is 0 Å². The van der Waals surface area contributed by atoms with Crippen molar-refractivity contribution < 1.29 is 15.1 Å². The van der Waals surface area contributed by atoms with E-state index in [-0.39, 0.29) is 0 Å². The van der Waals surface area contributed by atoms with E-state index in [2.05, 4.69) is 17.1 Å². The first kappa shape index (κ1) is 11.9. The van der Waals surface area contributed by atoms with Gasteiger partial charge in [0.25, 0.3) is 0 Å². The second-order valence-corrected chi connectivity index (χ2v) is 7.37. The molecule has 1 aromatic heterocycles. The quantitative estimate of drug-likeness (QED) is 0.666. The summed E-state index contributed by atoms with van der Waals surface area (Å²) in [6.07, 6.45) is 0. The summed E-state index contributed by atoms with van der Waals surface area (Å²) in [6, 6.07) is 12.3. The van der Waals surface area contributed by atoms with Crippen LogP contribution in [-0.2, 0) is 15.1 Å². The van der Waals surface area contributed by atoms with Gasteiger partial charge in [-0.2, -0.15) is 0 Å². The first-order valence-electron chi connectivity index (χ1n) is 4.22. The van der Waals surface area contributed by atoms with Gasteiger partial charge in [0.1, 0.15) is 0 Å². The van der Waals surface area contributed by atoms with Gasteiger partial charge in [0, 0.05) is 11.1 Å². The van der Waals surface area contributed by atoms with E-state index in [0.717, 1.165) is 11.2 Å². The Bertz CT molecular complexity index is 406. The number of para-hydroxylation sites is 1. The fourth-order valence-electron chi connectivity index (χ4n) is 1.17. The van der Waals surface area contributed by atoms with Crippen molar-refractivity contribution in [3.8, 4) is 0 Å². The minimum atomic E-state index is -0.931. The number of fused-ring (bicyclic) bond motifs is 1. The third kappa shape index (κ3) is 3.53. The molecule has 0 aliphatic heterocycles. The monoisotopic (exact) mass is 277 g/mol. The van der Waals surface area contributed by atoms with E-state index in [0.29, 0.717) is 0 Å². The van der Waals surface area contributed by atoms with E-state index in [9.17, 15) is 0 Å². The molecule has 0 amide bonds. The normalized spacial score (nSPS) is 8.79. The number of rotatable bonds is 0. The van der Waals surface area contributed by atoms with Crippen molar-refractivity contribution in [2.45, 2.75) is 6.92 Å². The Morgan fingerprint density at radius 1 is 1.07 bits per heavy atom. The van der Waals surface area contributed by atoms with Crippen LogP contribution in [-0.4, -0.2) is 4.98 Å². The van der Waals surface area contributed by atoms with Gasteiger partial charge in [-0.1, -0.05) is 24.3 Å². The van der Waals surface area contributed by atoms with E-state index in [1.165, 1.54) is 5.39 Å². The van der Waals surface area contributed by atoms with Gasteiger partial charge in [0.05, 0.1) is 5.52 Å². The molecule has 4 heteroatoms. The maximum absolute atomic E-state index is 4.95. The molecule has 0 fully saturated rings. The van der Waals surface area contributed by atoms with Crippen LogP contribution in [0.25, 0.3) is 10.9 Å². The molecule has 14 heavy (non-hydrogen) atoms. The Hall–Kier alpha value is -0.167. The van der Waals surface area contributed by atoms with Gasteiger partial charge in [0.15, 0.2) is 0 Å². The van der Waals surface area contributed by atoms with Crippen LogP contribution in [0.4, 0.5) is 0 Å². The third-order valence-electron chi connectivity index (χ3n) is 1.74. The molecule has 0 bridgehead atoms. The zero-order chi connectivity index (χ0) is 10.4. The molecular formula is C10H9Cl2NZn. The average molecular weight is 279 g/mol. The van der Waals surface area contributed by atoms with Crippen LogP contribution in [0.15, 0.2) is 36.4 Å². The summed E-state index contributed by atoms with van der Waals surface area (Å²) in [7, 11) is 9.90. The van der Waals surface area contributed by atoms with Crippen molar-refractivity contribution in [3.05, 3.63) is 42.1 Å². The molecule has 0 atom stereocenters. The number of pyridine rings is 1. The van der Waals surface area contributed by atoms with Gasteiger partial charge in [0.2, 0.25) is 0 Å². The summed E-state index contributed by atoms with van der Waals surface area (Å²) in [4.78, 5) is 4.38. The molecule has 2 aromatic rings. The van der Waals surface area contributed by atoms with E-state index in [1.807, 2.05) is 31.2 Å².